The zero-order valence-electron chi connectivity index (χ0n) is 13.5. The summed E-state index contributed by atoms with van der Waals surface area (Å²) < 4.78 is 10.6. The molecule has 0 saturated heterocycles. The number of nitrogens with one attached hydrogen (secondary N) is 1. The monoisotopic (exact) mass is 279 g/mol. The summed E-state index contributed by atoms with van der Waals surface area (Å²) in [4.78, 5) is 0. The van der Waals surface area contributed by atoms with Gasteiger partial charge in [-0.2, -0.15) is 0 Å². The van der Waals surface area contributed by atoms with Crippen LogP contribution >= 0.6 is 0 Å². The molecule has 0 amide bonds. The zero-order valence-corrected chi connectivity index (χ0v) is 13.5. The van der Waals surface area contributed by atoms with Crippen LogP contribution in [0.15, 0.2) is 18.2 Å². The molecular weight excluding hydrogens is 250 g/mol. The van der Waals surface area contributed by atoms with Crippen LogP contribution in [0.25, 0.3) is 0 Å². The fourth-order valence-corrected chi connectivity index (χ4v) is 2.29. The first-order chi connectivity index (χ1) is 9.56. The Morgan fingerprint density at radius 1 is 1.05 bits per heavy atom. The second-order valence-corrected chi connectivity index (χ2v) is 5.78. The maximum Gasteiger partial charge on any atom is 0.160 e. The minimum absolute atomic E-state index is 0.472. The molecule has 3 heteroatoms. The average molecular weight is 279 g/mol. The highest BCUT2D eigenvalue weighted by Gasteiger charge is 2.07. The molecule has 0 aliphatic rings. The van der Waals surface area contributed by atoms with Crippen LogP contribution in [0.4, 0.5) is 0 Å². The molecule has 1 rings (SSSR count). The van der Waals surface area contributed by atoms with E-state index in [1.807, 2.05) is 6.07 Å². The average Bonchev–Trinajstić information content (AvgIpc) is 2.43. The molecule has 114 valence electrons. The van der Waals surface area contributed by atoms with E-state index < -0.39 is 0 Å². The van der Waals surface area contributed by atoms with Gasteiger partial charge < -0.3 is 14.8 Å². The maximum atomic E-state index is 5.34. The molecule has 0 heterocycles. The molecule has 0 aromatic heterocycles. The van der Waals surface area contributed by atoms with E-state index in [0.29, 0.717) is 6.04 Å². The Morgan fingerprint density at radius 2 is 1.75 bits per heavy atom. The summed E-state index contributed by atoms with van der Waals surface area (Å²) in [5.74, 6) is 2.38. The van der Waals surface area contributed by atoms with Crippen LogP contribution in [0.5, 0.6) is 11.5 Å². The standard InChI is InChI=1S/C17H29NO2/c1-13(2)7-6-10-18-14(3)11-15-8-9-16(19-4)17(12-15)20-5/h8-9,12-14,18H,6-7,10-11H2,1-5H3. The van der Waals surface area contributed by atoms with Gasteiger partial charge in [0, 0.05) is 6.04 Å². The maximum absolute atomic E-state index is 5.34. The van der Waals surface area contributed by atoms with E-state index >= 15 is 0 Å². The summed E-state index contributed by atoms with van der Waals surface area (Å²) in [6.07, 6.45) is 3.53. The summed E-state index contributed by atoms with van der Waals surface area (Å²) in [6.45, 7) is 7.86. The number of hydrogen-bond acceptors (Lipinski definition) is 3. The topological polar surface area (TPSA) is 30.5 Å². The minimum atomic E-state index is 0.472. The molecule has 0 spiro atoms. The summed E-state index contributed by atoms with van der Waals surface area (Å²) in [5.41, 5.74) is 1.27. The summed E-state index contributed by atoms with van der Waals surface area (Å²) in [5, 5.41) is 3.58. The predicted octanol–water partition coefficient (Wildman–Crippen LogP) is 3.66. The molecule has 0 aliphatic carbocycles. The Morgan fingerprint density at radius 3 is 2.35 bits per heavy atom. The van der Waals surface area contributed by atoms with Crippen molar-refractivity contribution in [3.8, 4) is 11.5 Å². The molecule has 1 atom stereocenters. The molecule has 0 saturated carbocycles. The second-order valence-electron chi connectivity index (χ2n) is 5.78. The van der Waals surface area contributed by atoms with Gasteiger partial charge in [-0.15, -0.1) is 0 Å². The lowest BCUT2D eigenvalue weighted by molar-refractivity contribution is 0.354. The van der Waals surface area contributed by atoms with Crippen molar-refractivity contribution < 1.29 is 9.47 Å². The molecule has 1 aromatic carbocycles. The molecule has 0 bridgehead atoms. The lowest BCUT2D eigenvalue weighted by atomic mass is 10.1. The highest BCUT2D eigenvalue weighted by atomic mass is 16.5. The summed E-state index contributed by atoms with van der Waals surface area (Å²) in [6, 6.07) is 6.61. The van der Waals surface area contributed by atoms with Gasteiger partial charge in [0.05, 0.1) is 14.2 Å². The number of rotatable bonds is 9. The molecule has 20 heavy (non-hydrogen) atoms. The SMILES string of the molecule is COc1ccc(CC(C)NCCCC(C)C)cc1OC. The lowest BCUT2D eigenvalue weighted by Gasteiger charge is -2.16. The largest absolute Gasteiger partial charge is 0.493 e. The van der Waals surface area contributed by atoms with E-state index in [1.165, 1.54) is 18.4 Å². The first-order valence-corrected chi connectivity index (χ1v) is 7.51. The van der Waals surface area contributed by atoms with Crippen LogP contribution in [-0.2, 0) is 6.42 Å². The van der Waals surface area contributed by atoms with Gasteiger partial charge in [0.25, 0.3) is 0 Å². The van der Waals surface area contributed by atoms with Gasteiger partial charge in [-0.05, 0) is 56.3 Å². The molecule has 3 nitrogen and oxygen atoms in total. The molecule has 0 radical (unpaired) electrons. The molecule has 1 aromatic rings. The van der Waals surface area contributed by atoms with E-state index in [-0.39, 0.29) is 0 Å². The number of hydrogen-bond donors (Lipinski definition) is 1. The van der Waals surface area contributed by atoms with E-state index in [9.17, 15) is 0 Å². The minimum Gasteiger partial charge on any atom is -0.493 e. The Bertz CT molecular complexity index is 391. The summed E-state index contributed by atoms with van der Waals surface area (Å²) >= 11 is 0. The highest BCUT2D eigenvalue weighted by molar-refractivity contribution is 5.43. The third kappa shape index (κ3) is 5.83. The van der Waals surface area contributed by atoms with E-state index in [4.69, 9.17) is 9.47 Å². The van der Waals surface area contributed by atoms with Gasteiger partial charge in [-0.25, -0.2) is 0 Å². The van der Waals surface area contributed by atoms with Crippen LogP contribution in [0.2, 0.25) is 0 Å². The van der Waals surface area contributed by atoms with Gasteiger partial charge in [-0.3, -0.25) is 0 Å². The molecule has 0 fully saturated rings. The smallest absolute Gasteiger partial charge is 0.160 e. The van der Waals surface area contributed by atoms with Crippen molar-refractivity contribution in [3.05, 3.63) is 23.8 Å². The van der Waals surface area contributed by atoms with Crippen molar-refractivity contribution in [2.45, 2.75) is 46.1 Å². The van der Waals surface area contributed by atoms with Gasteiger partial charge in [0.1, 0.15) is 0 Å². The van der Waals surface area contributed by atoms with Crippen LogP contribution in [0.3, 0.4) is 0 Å². The molecule has 1 N–H and O–H groups in total. The van der Waals surface area contributed by atoms with Crippen molar-refractivity contribution in [1.29, 1.82) is 0 Å². The first-order valence-electron chi connectivity index (χ1n) is 7.51. The van der Waals surface area contributed by atoms with E-state index in [1.54, 1.807) is 14.2 Å². The Hall–Kier alpha value is -1.22. The van der Waals surface area contributed by atoms with Crippen molar-refractivity contribution in [2.24, 2.45) is 5.92 Å². The molecule has 1 unspecified atom stereocenters. The highest BCUT2D eigenvalue weighted by Crippen LogP contribution is 2.27. The fourth-order valence-electron chi connectivity index (χ4n) is 2.29. The van der Waals surface area contributed by atoms with Crippen LogP contribution in [0.1, 0.15) is 39.2 Å². The number of benzene rings is 1. The summed E-state index contributed by atoms with van der Waals surface area (Å²) in [7, 11) is 3.34. The number of ether oxygens (including phenoxy) is 2. The van der Waals surface area contributed by atoms with Crippen LogP contribution in [0, 0.1) is 5.92 Å². The van der Waals surface area contributed by atoms with E-state index in [2.05, 4.69) is 38.2 Å². The van der Waals surface area contributed by atoms with Crippen molar-refractivity contribution >= 4 is 0 Å². The van der Waals surface area contributed by atoms with Gasteiger partial charge >= 0.3 is 0 Å². The van der Waals surface area contributed by atoms with Gasteiger partial charge in [0.2, 0.25) is 0 Å². The van der Waals surface area contributed by atoms with E-state index in [0.717, 1.165) is 30.4 Å². The van der Waals surface area contributed by atoms with Crippen LogP contribution in [-0.4, -0.2) is 26.8 Å². The Balaban J connectivity index is 2.43. The zero-order chi connectivity index (χ0) is 15.0. The molecule has 0 aliphatic heterocycles. The number of methoxy groups -OCH3 is 2. The quantitative estimate of drug-likeness (QED) is 0.700. The Kier molecular flexibility index (Phi) is 7.45. The second kappa shape index (κ2) is 8.85. The van der Waals surface area contributed by atoms with Crippen LogP contribution < -0.4 is 14.8 Å². The Labute approximate surface area is 123 Å². The third-order valence-electron chi connectivity index (χ3n) is 3.44. The third-order valence-corrected chi connectivity index (χ3v) is 3.44. The van der Waals surface area contributed by atoms with Crippen molar-refractivity contribution in [1.82, 2.24) is 5.32 Å². The molecular formula is C17H29NO2. The fraction of sp³-hybridized carbons (Fsp3) is 0.647. The van der Waals surface area contributed by atoms with Gasteiger partial charge in [-0.1, -0.05) is 19.9 Å². The first kappa shape index (κ1) is 16.8. The normalized spacial score (nSPS) is 12.5. The van der Waals surface area contributed by atoms with Crippen molar-refractivity contribution in [2.75, 3.05) is 20.8 Å². The lowest BCUT2D eigenvalue weighted by Crippen LogP contribution is -2.29. The predicted molar refractivity (Wildman–Crippen MR) is 84.8 cm³/mol. The van der Waals surface area contributed by atoms with Crippen molar-refractivity contribution in [3.63, 3.8) is 0 Å². The van der Waals surface area contributed by atoms with Gasteiger partial charge in [0.15, 0.2) is 11.5 Å².